The van der Waals surface area contributed by atoms with Crippen molar-refractivity contribution in [2.45, 2.75) is 44.8 Å². The van der Waals surface area contributed by atoms with Crippen LogP contribution in [-0.2, 0) is 4.79 Å². The van der Waals surface area contributed by atoms with Crippen LogP contribution in [0.3, 0.4) is 0 Å². The quantitative estimate of drug-likeness (QED) is 0.889. The Labute approximate surface area is 133 Å². The standard InChI is InChI=1S/C16H21F3N2O2/c1-10-7-13(5-6-14(10)23-9-16(17,18)19)21-15(22)11-3-2-4-12(20)8-11/h5-7,11-12H,2-4,8-9,20H2,1H3,(H,21,22). The summed E-state index contributed by atoms with van der Waals surface area (Å²) in [5.74, 6) is -0.0521. The maximum Gasteiger partial charge on any atom is 0.422 e. The van der Waals surface area contributed by atoms with Crippen LogP contribution < -0.4 is 15.8 Å². The first-order valence-electron chi connectivity index (χ1n) is 7.61. The van der Waals surface area contributed by atoms with E-state index >= 15 is 0 Å². The Kier molecular flexibility index (Phi) is 5.51. The van der Waals surface area contributed by atoms with Crippen molar-refractivity contribution in [1.29, 1.82) is 0 Å². The number of benzene rings is 1. The van der Waals surface area contributed by atoms with Crippen LogP contribution >= 0.6 is 0 Å². The molecule has 1 aromatic rings. The first kappa shape index (κ1) is 17.6. The van der Waals surface area contributed by atoms with Crippen LogP contribution in [0.25, 0.3) is 0 Å². The highest BCUT2D eigenvalue weighted by Gasteiger charge is 2.29. The van der Waals surface area contributed by atoms with Gasteiger partial charge in [-0.05, 0) is 49.9 Å². The van der Waals surface area contributed by atoms with Gasteiger partial charge >= 0.3 is 6.18 Å². The lowest BCUT2D eigenvalue weighted by Gasteiger charge is -2.25. The topological polar surface area (TPSA) is 64.4 Å². The third kappa shape index (κ3) is 5.42. The minimum atomic E-state index is -4.38. The molecule has 3 N–H and O–H groups in total. The number of carbonyl (C=O) groups excluding carboxylic acids is 1. The lowest BCUT2D eigenvalue weighted by Crippen LogP contribution is -2.34. The Morgan fingerprint density at radius 2 is 2.13 bits per heavy atom. The fraction of sp³-hybridized carbons (Fsp3) is 0.562. The fourth-order valence-electron chi connectivity index (χ4n) is 2.76. The summed E-state index contributed by atoms with van der Waals surface area (Å²) >= 11 is 0. The number of halogens is 3. The average Bonchev–Trinajstić information content (AvgIpc) is 2.45. The van der Waals surface area contributed by atoms with E-state index in [1.165, 1.54) is 6.07 Å². The van der Waals surface area contributed by atoms with E-state index in [2.05, 4.69) is 5.32 Å². The van der Waals surface area contributed by atoms with Gasteiger partial charge in [0.1, 0.15) is 5.75 Å². The molecule has 0 spiro atoms. The third-order valence-corrected chi connectivity index (χ3v) is 3.92. The van der Waals surface area contributed by atoms with E-state index in [-0.39, 0.29) is 23.6 Å². The smallest absolute Gasteiger partial charge is 0.422 e. The van der Waals surface area contributed by atoms with Gasteiger partial charge in [-0.1, -0.05) is 6.42 Å². The van der Waals surface area contributed by atoms with Crippen molar-refractivity contribution in [3.63, 3.8) is 0 Å². The predicted octanol–water partition coefficient (Wildman–Crippen LogP) is 3.39. The molecule has 1 aliphatic carbocycles. The van der Waals surface area contributed by atoms with Crippen LogP contribution in [0.2, 0.25) is 0 Å². The molecule has 1 aliphatic rings. The van der Waals surface area contributed by atoms with Crippen molar-refractivity contribution in [2.75, 3.05) is 11.9 Å². The molecule has 1 aromatic carbocycles. The van der Waals surface area contributed by atoms with Crippen molar-refractivity contribution in [3.05, 3.63) is 23.8 Å². The van der Waals surface area contributed by atoms with E-state index in [0.717, 1.165) is 19.3 Å². The number of aryl methyl sites for hydroxylation is 1. The Morgan fingerprint density at radius 1 is 1.39 bits per heavy atom. The van der Waals surface area contributed by atoms with Crippen LogP contribution in [0.1, 0.15) is 31.2 Å². The van der Waals surface area contributed by atoms with E-state index in [1.54, 1.807) is 19.1 Å². The number of nitrogens with one attached hydrogen (secondary N) is 1. The highest BCUT2D eigenvalue weighted by molar-refractivity contribution is 5.92. The van der Waals surface area contributed by atoms with Crippen LogP contribution in [-0.4, -0.2) is 24.7 Å². The van der Waals surface area contributed by atoms with Gasteiger partial charge < -0.3 is 15.8 Å². The molecule has 0 bridgehead atoms. The van der Waals surface area contributed by atoms with Crippen LogP contribution in [0, 0.1) is 12.8 Å². The first-order valence-corrected chi connectivity index (χ1v) is 7.61. The minimum absolute atomic E-state index is 0.0550. The molecule has 1 fully saturated rings. The summed E-state index contributed by atoms with van der Waals surface area (Å²) in [7, 11) is 0. The SMILES string of the molecule is Cc1cc(NC(=O)C2CCCC(N)C2)ccc1OCC(F)(F)F. The van der Waals surface area contributed by atoms with Crippen molar-refractivity contribution in [2.24, 2.45) is 11.7 Å². The van der Waals surface area contributed by atoms with Gasteiger partial charge in [0.25, 0.3) is 0 Å². The zero-order valence-electron chi connectivity index (χ0n) is 13.0. The van der Waals surface area contributed by atoms with E-state index in [9.17, 15) is 18.0 Å². The Bertz CT molecular complexity index is 561. The van der Waals surface area contributed by atoms with Gasteiger partial charge in [0.2, 0.25) is 5.91 Å². The number of alkyl halides is 3. The zero-order chi connectivity index (χ0) is 17.0. The maximum atomic E-state index is 12.2. The summed E-state index contributed by atoms with van der Waals surface area (Å²) in [6, 6.07) is 4.63. The number of hydrogen-bond donors (Lipinski definition) is 2. The zero-order valence-corrected chi connectivity index (χ0v) is 13.0. The number of carbonyl (C=O) groups is 1. The predicted molar refractivity (Wildman–Crippen MR) is 81.3 cm³/mol. The minimum Gasteiger partial charge on any atom is -0.484 e. The van der Waals surface area contributed by atoms with Gasteiger partial charge in [-0.25, -0.2) is 0 Å². The second-order valence-electron chi connectivity index (χ2n) is 6.00. The maximum absolute atomic E-state index is 12.2. The average molecular weight is 330 g/mol. The molecule has 2 unspecified atom stereocenters. The van der Waals surface area contributed by atoms with E-state index in [1.807, 2.05) is 0 Å². The molecule has 1 saturated carbocycles. The van der Waals surface area contributed by atoms with Crippen molar-refractivity contribution in [1.82, 2.24) is 0 Å². The van der Waals surface area contributed by atoms with Crippen molar-refractivity contribution < 1.29 is 22.7 Å². The molecule has 7 heteroatoms. The first-order chi connectivity index (χ1) is 10.7. The fourth-order valence-corrected chi connectivity index (χ4v) is 2.76. The monoisotopic (exact) mass is 330 g/mol. The number of nitrogens with two attached hydrogens (primary N) is 1. The summed E-state index contributed by atoms with van der Waals surface area (Å²) in [4.78, 5) is 12.2. The molecule has 128 valence electrons. The molecule has 4 nitrogen and oxygen atoms in total. The molecule has 0 aliphatic heterocycles. The molecular weight excluding hydrogens is 309 g/mol. The van der Waals surface area contributed by atoms with Gasteiger partial charge in [0.05, 0.1) is 0 Å². The number of ether oxygens (including phenoxy) is 1. The second-order valence-corrected chi connectivity index (χ2v) is 6.00. The van der Waals surface area contributed by atoms with Gasteiger partial charge in [0.15, 0.2) is 6.61 Å². The molecule has 0 saturated heterocycles. The van der Waals surface area contributed by atoms with E-state index in [0.29, 0.717) is 17.7 Å². The van der Waals surface area contributed by atoms with Gasteiger partial charge in [-0.2, -0.15) is 13.2 Å². The number of amides is 1. The third-order valence-electron chi connectivity index (χ3n) is 3.92. The molecular formula is C16H21F3N2O2. The summed E-state index contributed by atoms with van der Waals surface area (Å²) in [6.07, 6.45) is -1.03. The van der Waals surface area contributed by atoms with Gasteiger partial charge in [-0.15, -0.1) is 0 Å². The molecule has 0 aromatic heterocycles. The van der Waals surface area contributed by atoms with Crippen molar-refractivity contribution in [3.8, 4) is 5.75 Å². The summed E-state index contributed by atoms with van der Waals surface area (Å²) < 4.78 is 41.2. The van der Waals surface area contributed by atoms with Crippen LogP contribution in [0.4, 0.5) is 18.9 Å². The highest BCUT2D eigenvalue weighted by atomic mass is 19.4. The van der Waals surface area contributed by atoms with Crippen LogP contribution in [0.5, 0.6) is 5.75 Å². The number of anilines is 1. The molecule has 23 heavy (non-hydrogen) atoms. The Balaban J connectivity index is 1.96. The van der Waals surface area contributed by atoms with Crippen LogP contribution in [0.15, 0.2) is 18.2 Å². The molecule has 0 radical (unpaired) electrons. The van der Waals surface area contributed by atoms with Gasteiger partial charge in [-0.3, -0.25) is 4.79 Å². The van der Waals surface area contributed by atoms with E-state index < -0.39 is 12.8 Å². The largest absolute Gasteiger partial charge is 0.484 e. The number of rotatable bonds is 4. The lowest BCUT2D eigenvalue weighted by atomic mass is 9.85. The molecule has 1 amide bonds. The molecule has 2 rings (SSSR count). The lowest BCUT2D eigenvalue weighted by molar-refractivity contribution is -0.153. The highest BCUT2D eigenvalue weighted by Crippen LogP contribution is 2.27. The molecule has 2 atom stereocenters. The normalized spacial score (nSPS) is 21.8. The summed E-state index contributed by atoms with van der Waals surface area (Å²) in [5.41, 5.74) is 6.96. The Hall–Kier alpha value is -1.76. The molecule has 0 heterocycles. The second kappa shape index (κ2) is 7.21. The summed E-state index contributed by atoms with van der Waals surface area (Å²) in [6.45, 7) is 0.303. The van der Waals surface area contributed by atoms with E-state index in [4.69, 9.17) is 10.5 Å². The van der Waals surface area contributed by atoms with Crippen molar-refractivity contribution >= 4 is 11.6 Å². The Morgan fingerprint density at radius 3 is 2.74 bits per heavy atom. The summed E-state index contributed by atoms with van der Waals surface area (Å²) in [5, 5.41) is 2.80. The number of hydrogen-bond acceptors (Lipinski definition) is 3. The van der Waals surface area contributed by atoms with Gasteiger partial charge in [0, 0.05) is 17.6 Å².